The molecule has 0 unspecified atom stereocenters. The molecule has 0 fully saturated rings. The minimum atomic E-state index is -0.255. The molecule has 122 valence electrons. The summed E-state index contributed by atoms with van der Waals surface area (Å²) in [5, 5.41) is 6.63. The number of rotatable bonds is 4. The number of urea groups is 1. The summed E-state index contributed by atoms with van der Waals surface area (Å²) < 4.78 is 11.7. The zero-order chi connectivity index (χ0) is 16.4. The van der Waals surface area contributed by atoms with Crippen molar-refractivity contribution in [2.45, 2.75) is 6.42 Å². The van der Waals surface area contributed by atoms with Crippen molar-refractivity contribution in [3.05, 3.63) is 47.5 Å². The van der Waals surface area contributed by atoms with Gasteiger partial charge in [-0.25, -0.2) is 9.78 Å². The number of anilines is 1. The molecular weight excluding hydrogens is 326 g/mol. The molecule has 2 aromatic carbocycles. The molecule has 3 aromatic rings. The van der Waals surface area contributed by atoms with E-state index in [0.29, 0.717) is 30.2 Å². The van der Waals surface area contributed by atoms with Crippen LogP contribution in [0.3, 0.4) is 0 Å². The molecule has 0 aliphatic carbocycles. The van der Waals surface area contributed by atoms with Gasteiger partial charge in [0.15, 0.2) is 11.5 Å². The lowest BCUT2D eigenvalue weighted by Gasteiger charge is -2.07. The maximum atomic E-state index is 12.0. The monoisotopic (exact) mass is 341 g/mol. The Labute approximate surface area is 142 Å². The van der Waals surface area contributed by atoms with E-state index < -0.39 is 0 Å². The quantitative estimate of drug-likeness (QED) is 0.763. The molecule has 4 rings (SSSR count). The first-order valence-corrected chi connectivity index (χ1v) is 8.38. The summed E-state index contributed by atoms with van der Waals surface area (Å²) in [4.78, 5) is 16.5. The number of nitrogens with one attached hydrogen (secondary N) is 2. The molecule has 1 aliphatic heterocycles. The third-order valence-corrected chi connectivity index (χ3v) is 4.69. The molecule has 7 heteroatoms. The van der Waals surface area contributed by atoms with Gasteiger partial charge in [-0.15, -0.1) is 11.3 Å². The van der Waals surface area contributed by atoms with Gasteiger partial charge in [-0.1, -0.05) is 12.1 Å². The van der Waals surface area contributed by atoms with E-state index in [-0.39, 0.29) is 12.8 Å². The number of hydrogen-bond donors (Lipinski definition) is 2. The average molecular weight is 341 g/mol. The van der Waals surface area contributed by atoms with Gasteiger partial charge in [-0.2, -0.15) is 0 Å². The van der Waals surface area contributed by atoms with Crippen molar-refractivity contribution in [1.82, 2.24) is 10.3 Å². The fraction of sp³-hybridized carbons (Fsp3) is 0.176. The Morgan fingerprint density at radius 2 is 2.04 bits per heavy atom. The average Bonchev–Trinajstić information content (AvgIpc) is 3.20. The number of nitrogens with zero attached hydrogens (tertiary/aromatic N) is 1. The Kier molecular flexibility index (Phi) is 3.92. The van der Waals surface area contributed by atoms with Crippen LogP contribution in [-0.2, 0) is 6.42 Å². The van der Waals surface area contributed by atoms with Crippen LogP contribution in [0.25, 0.3) is 10.2 Å². The van der Waals surface area contributed by atoms with E-state index in [9.17, 15) is 4.79 Å². The van der Waals surface area contributed by atoms with Crippen LogP contribution >= 0.6 is 11.3 Å². The molecule has 0 spiro atoms. The van der Waals surface area contributed by atoms with E-state index in [1.807, 2.05) is 18.2 Å². The summed E-state index contributed by atoms with van der Waals surface area (Å²) in [5.41, 5.74) is 1.67. The zero-order valence-electron chi connectivity index (χ0n) is 12.7. The number of carbonyl (C=O) groups is 1. The normalized spacial score (nSPS) is 12.3. The van der Waals surface area contributed by atoms with Gasteiger partial charge in [0.1, 0.15) is 0 Å². The topological polar surface area (TPSA) is 72.5 Å². The number of thiazole rings is 1. The van der Waals surface area contributed by atoms with Crippen LogP contribution in [0, 0.1) is 0 Å². The first-order chi connectivity index (χ1) is 11.8. The van der Waals surface area contributed by atoms with Gasteiger partial charge in [-0.05, 0) is 24.3 Å². The van der Waals surface area contributed by atoms with Gasteiger partial charge >= 0.3 is 6.03 Å². The highest BCUT2D eigenvalue weighted by molar-refractivity contribution is 7.18. The third-order valence-electron chi connectivity index (χ3n) is 3.59. The highest BCUT2D eigenvalue weighted by Crippen LogP contribution is 2.34. The minimum absolute atomic E-state index is 0.215. The van der Waals surface area contributed by atoms with Gasteiger partial charge in [0.2, 0.25) is 6.79 Å². The Morgan fingerprint density at radius 3 is 2.96 bits per heavy atom. The first kappa shape index (κ1) is 14.8. The molecule has 6 nitrogen and oxygen atoms in total. The Morgan fingerprint density at radius 1 is 1.17 bits per heavy atom. The smallest absolute Gasteiger partial charge is 0.319 e. The van der Waals surface area contributed by atoms with Crippen molar-refractivity contribution in [2.24, 2.45) is 0 Å². The predicted molar refractivity (Wildman–Crippen MR) is 92.9 cm³/mol. The summed E-state index contributed by atoms with van der Waals surface area (Å²) in [6.07, 6.45) is 0.702. The largest absolute Gasteiger partial charge is 0.454 e. The molecule has 2 N–H and O–H groups in total. The number of hydrogen-bond acceptors (Lipinski definition) is 5. The first-order valence-electron chi connectivity index (χ1n) is 7.57. The second-order valence-corrected chi connectivity index (χ2v) is 6.39. The van der Waals surface area contributed by atoms with Crippen LogP contribution in [0.5, 0.6) is 11.5 Å². The molecule has 2 amide bonds. The Hall–Kier alpha value is -2.80. The number of para-hydroxylation sites is 1. The van der Waals surface area contributed by atoms with Gasteiger partial charge in [-0.3, -0.25) is 0 Å². The maximum Gasteiger partial charge on any atom is 0.319 e. The fourth-order valence-electron chi connectivity index (χ4n) is 2.46. The zero-order valence-corrected chi connectivity index (χ0v) is 13.6. The summed E-state index contributed by atoms with van der Waals surface area (Å²) >= 11 is 1.65. The van der Waals surface area contributed by atoms with Crippen LogP contribution < -0.4 is 20.1 Å². The van der Waals surface area contributed by atoms with Crippen LogP contribution in [0.2, 0.25) is 0 Å². The lowest BCUT2D eigenvalue weighted by Crippen LogP contribution is -2.30. The van der Waals surface area contributed by atoms with E-state index >= 15 is 0 Å². The molecular formula is C17H15N3O3S. The lowest BCUT2D eigenvalue weighted by molar-refractivity contribution is 0.174. The number of aromatic nitrogens is 1. The lowest BCUT2D eigenvalue weighted by atomic mass is 10.3. The SMILES string of the molecule is O=C(NCCc1nc2ccccc2s1)Nc1ccc2c(c1)OCO2. The highest BCUT2D eigenvalue weighted by Gasteiger charge is 2.14. The standard InChI is InChI=1S/C17H15N3O3S/c21-17(19-11-5-6-13-14(9-11)23-10-22-13)18-8-7-16-20-12-3-1-2-4-15(12)24-16/h1-6,9H,7-8,10H2,(H2,18,19,21). The van der Waals surface area contributed by atoms with E-state index in [0.717, 1.165) is 15.2 Å². The van der Waals surface area contributed by atoms with E-state index in [1.54, 1.807) is 29.5 Å². The van der Waals surface area contributed by atoms with Crippen molar-refractivity contribution in [1.29, 1.82) is 0 Å². The molecule has 1 aliphatic rings. The van der Waals surface area contributed by atoms with E-state index in [2.05, 4.69) is 21.7 Å². The van der Waals surface area contributed by atoms with Gasteiger partial charge in [0, 0.05) is 24.7 Å². The summed E-state index contributed by atoms with van der Waals surface area (Å²) in [7, 11) is 0. The molecule has 2 heterocycles. The van der Waals surface area contributed by atoms with Crippen LogP contribution in [0.4, 0.5) is 10.5 Å². The van der Waals surface area contributed by atoms with Crippen molar-refractivity contribution in [2.75, 3.05) is 18.7 Å². The number of ether oxygens (including phenoxy) is 2. The molecule has 0 saturated heterocycles. The summed E-state index contributed by atoms with van der Waals surface area (Å²) in [5.74, 6) is 1.33. The third kappa shape index (κ3) is 3.11. The minimum Gasteiger partial charge on any atom is -0.454 e. The highest BCUT2D eigenvalue weighted by atomic mass is 32.1. The van der Waals surface area contributed by atoms with Crippen LogP contribution in [0.15, 0.2) is 42.5 Å². The summed E-state index contributed by atoms with van der Waals surface area (Å²) in [6, 6.07) is 13.1. The predicted octanol–water partition coefficient (Wildman–Crippen LogP) is 3.39. The second-order valence-electron chi connectivity index (χ2n) is 5.27. The number of fused-ring (bicyclic) bond motifs is 2. The Bertz CT molecular complexity index is 861. The van der Waals surface area contributed by atoms with Crippen LogP contribution in [-0.4, -0.2) is 24.4 Å². The van der Waals surface area contributed by atoms with E-state index in [1.165, 1.54) is 0 Å². The molecule has 0 atom stereocenters. The second kappa shape index (κ2) is 6.37. The van der Waals surface area contributed by atoms with Crippen molar-refractivity contribution < 1.29 is 14.3 Å². The fourth-order valence-corrected chi connectivity index (χ4v) is 3.43. The number of amides is 2. The van der Waals surface area contributed by atoms with Gasteiger partial charge < -0.3 is 20.1 Å². The maximum absolute atomic E-state index is 12.0. The van der Waals surface area contributed by atoms with Gasteiger partial charge in [0.05, 0.1) is 15.2 Å². The number of carbonyl (C=O) groups excluding carboxylic acids is 1. The van der Waals surface area contributed by atoms with E-state index in [4.69, 9.17) is 9.47 Å². The molecule has 1 aromatic heterocycles. The molecule has 24 heavy (non-hydrogen) atoms. The van der Waals surface area contributed by atoms with Crippen molar-refractivity contribution in [3.63, 3.8) is 0 Å². The van der Waals surface area contributed by atoms with Crippen molar-refractivity contribution in [3.8, 4) is 11.5 Å². The Balaban J connectivity index is 1.30. The van der Waals surface area contributed by atoms with Crippen molar-refractivity contribution >= 4 is 33.3 Å². The molecule has 0 bridgehead atoms. The van der Waals surface area contributed by atoms with Gasteiger partial charge in [0.25, 0.3) is 0 Å². The summed E-state index contributed by atoms with van der Waals surface area (Å²) in [6.45, 7) is 0.739. The molecule has 0 radical (unpaired) electrons. The molecule has 0 saturated carbocycles. The van der Waals surface area contributed by atoms with Crippen LogP contribution in [0.1, 0.15) is 5.01 Å². The number of benzene rings is 2.